The lowest BCUT2D eigenvalue weighted by Crippen LogP contribution is -2.37. The van der Waals surface area contributed by atoms with Crippen LogP contribution >= 0.6 is 0 Å². The van der Waals surface area contributed by atoms with Crippen LogP contribution in [0.4, 0.5) is 5.95 Å². The van der Waals surface area contributed by atoms with E-state index in [2.05, 4.69) is 15.3 Å². The zero-order chi connectivity index (χ0) is 15.3. The van der Waals surface area contributed by atoms with Crippen LogP contribution in [0, 0.1) is 5.41 Å². The van der Waals surface area contributed by atoms with Gasteiger partial charge in [-0.1, -0.05) is 13.3 Å². The highest BCUT2D eigenvalue weighted by Gasteiger charge is 2.44. The van der Waals surface area contributed by atoms with Crippen LogP contribution in [0.15, 0.2) is 18.5 Å². The molecule has 2 rings (SSSR count). The highest BCUT2D eigenvalue weighted by molar-refractivity contribution is 5.90. The maximum absolute atomic E-state index is 11.9. The first-order chi connectivity index (χ1) is 10.1. The molecule has 114 valence electrons. The minimum Gasteiger partial charge on any atom is -0.481 e. The number of hydrogen-bond donors (Lipinski definition) is 2. The number of carbonyl (C=O) groups excluding carboxylic acids is 1. The van der Waals surface area contributed by atoms with E-state index in [-0.39, 0.29) is 18.4 Å². The van der Waals surface area contributed by atoms with Gasteiger partial charge in [-0.15, -0.1) is 0 Å². The zero-order valence-corrected chi connectivity index (χ0v) is 12.1. The summed E-state index contributed by atoms with van der Waals surface area (Å²) in [5.74, 6) is -0.725. The quantitative estimate of drug-likeness (QED) is 0.812. The Morgan fingerprint density at radius 3 is 2.76 bits per heavy atom. The first-order valence-electron chi connectivity index (χ1n) is 7.08. The van der Waals surface area contributed by atoms with Crippen molar-refractivity contribution in [3.63, 3.8) is 0 Å². The summed E-state index contributed by atoms with van der Waals surface area (Å²) in [6.45, 7) is 3.18. The fourth-order valence-electron chi connectivity index (χ4n) is 2.79. The summed E-state index contributed by atoms with van der Waals surface area (Å²) in [6, 6.07) is 1.67. The smallest absolute Gasteiger partial charge is 0.310 e. The number of carboxylic acids is 1. The number of aromatic nitrogens is 2. The molecule has 7 nitrogen and oxygen atoms in total. The Balaban J connectivity index is 1.90. The molecule has 0 radical (unpaired) electrons. The Hall–Kier alpha value is -2.02. The molecule has 2 heterocycles. The third-order valence-corrected chi connectivity index (χ3v) is 3.80. The van der Waals surface area contributed by atoms with Gasteiger partial charge in [-0.05, 0) is 25.5 Å². The lowest BCUT2D eigenvalue weighted by Gasteiger charge is -2.24. The summed E-state index contributed by atoms with van der Waals surface area (Å²) >= 11 is 0. The number of hydrogen-bond acceptors (Lipinski definition) is 5. The number of carboxylic acid groups (broad SMARTS) is 1. The molecule has 0 spiro atoms. The topological polar surface area (TPSA) is 95.4 Å². The van der Waals surface area contributed by atoms with Gasteiger partial charge in [-0.25, -0.2) is 9.97 Å². The van der Waals surface area contributed by atoms with Gasteiger partial charge in [0.25, 0.3) is 0 Å². The van der Waals surface area contributed by atoms with Crippen LogP contribution in [-0.2, 0) is 9.59 Å². The highest BCUT2D eigenvalue weighted by Crippen LogP contribution is 2.35. The normalized spacial score (nSPS) is 22.1. The van der Waals surface area contributed by atoms with Gasteiger partial charge in [0.15, 0.2) is 0 Å². The Kier molecular flexibility index (Phi) is 4.85. The van der Waals surface area contributed by atoms with Crippen molar-refractivity contribution in [3.8, 4) is 0 Å². The van der Waals surface area contributed by atoms with Gasteiger partial charge in [0.2, 0.25) is 11.9 Å². The Labute approximate surface area is 123 Å². The molecule has 1 atom stereocenters. The van der Waals surface area contributed by atoms with Crippen molar-refractivity contribution in [1.29, 1.82) is 0 Å². The standard InChI is InChI=1S/C14H20N4O3/c1-2-4-14(12(20)21)5-8-18(10-14)9-11(19)17-13-15-6-3-7-16-13/h3,6-7H,2,4-5,8-10H2,1H3,(H,20,21)(H,15,16,17,19). The minimum absolute atomic E-state index is 0.164. The van der Waals surface area contributed by atoms with E-state index in [1.807, 2.05) is 11.8 Å². The summed E-state index contributed by atoms with van der Waals surface area (Å²) in [4.78, 5) is 33.1. The van der Waals surface area contributed by atoms with Crippen LogP contribution in [0.1, 0.15) is 26.2 Å². The second-order valence-electron chi connectivity index (χ2n) is 5.42. The van der Waals surface area contributed by atoms with Gasteiger partial charge in [-0.3, -0.25) is 19.8 Å². The summed E-state index contributed by atoms with van der Waals surface area (Å²) in [7, 11) is 0. The van der Waals surface area contributed by atoms with E-state index in [1.54, 1.807) is 18.5 Å². The average Bonchev–Trinajstić information content (AvgIpc) is 2.84. The molecule has 1 unspecified atom stereocenters. The van der Waals surface area contributed by atoms with Gasteiger partial charge in [0.1, 0.15) is 0 Å². The number of likely N-dealkylation sites (tertiary alicyclic amines) is 1. The predicted octanol–water partition coefficient (Wildman–Crippen LogP) is 0.992. The number of rotatable bonds is 6. The van der Waals surface area contributed by atoms with Crippen LogP contribution in [0.2, 0.25) is 0 Å². The van der Waals surface area contributed by atoms with Gasteiger partial charge >= 0.3 is 5.97 Å². The summed E-state index contributed by atoms with van der Waals surface area (Å²) in [5, 5.41) is 12.0. The van der Waals surface area contributed by atoms with Crippen molar-refractivity contribution in [2.24, 2.45) is 5.41 Å². The minimum atomic E-state index is -0.765. The second-order valence-corrected chi connectivity index (χ2v) is 5.42. The molecular formula is C14H20N4O3. The van der Waals surface area contributed by atoms with E-state index in [4.69, 9.17) is 0 Å². The summed E-state index contributed by atoms with van der Waals surface area (Å²) in [6.07, 6.45) is 5.15. The molecule has 1 aromatic rings. The number of nitrogens with one attached hydrogen (secondary N) is 1. The fraction of sp³-hybridized carbons (Fsp3) is 0.571. The van der Waals surface area contributed by atoms with E-state index in [0.29, 0.717) is 25.9 Å². The van der Waals surface area contributed by atoms with E-state index in [1.165, 1.54) is 0 Å². The molecule has 1 aromatic heterocycles. The molecule has 2 N–H and O–H groups in total. The lowest BCUT2D eigenvalue weighted by molar-refractivity contribution is -0.148. The lowest BCUT2D eigenvalue weighted by atomic mass is 9.83. The van der Waals surface area contributed by atoms with Crippen LogP contribution < -0.4 is 5.32 Å². The molecule has 1 aliphatic heterocycles. The van der Waals surface area contributed by atoms with Gasteiger partial charge in [-0.2, -0.15) is 0 Å². The van der Waals surface area contributed by atoms with Crippen LogP contribution in [0.3, 0.4) is 0 Å². The van der Waals surface area contributed by atoms with E-state index < -0.39 is 11.4 Å². The van der Waals surface area contributed by atoms with E-state index >= 15 is 0 Å². The Morgan fingerprint density at radius 2 is 2.14 bits per heavy atom. The first kappa shape index (κ1) is 15.4. The van der Waals surface area contributed by atoms with Crippen molar-refractivity contribution in [2.75, 3.05) is 25.0 Å². The van der Waals surface area contributed by atoms with E-state index in [0.717, 1.165) is 6.42 Å². The van der Waals surface area contributed by atoms with Crippen LogP contribution in [0.25, 0.3) is 0 Å². The number of nitrogens with zero attached hydrogens (tertiary/aromatic N) is 3. The zero-order valence-electron chi connectivity index (χ0n) is 12.1. The molecule has 1 aliphatic rings. The number of amides is 1. The largest absolute Gasteiger partial charge is 0.481 e. The monoisotopic (exact) mass is 292 g/mol. The van der Waals surface area contributed by atoms with Gasteiger partial charge in [0, 0.05) is 18.9 Å². The van der Waals surface area contributed by atoms with Crippen LogP contribution in [-0.4, -0.2) is 51.5 Å². The Morgan fingerprint density at radius 1 is 1.43 bits per heavy atom. The molecule has 1 fully saturated rings. The molecule has 0 aliphatic carbocycles. The number of anilines is 1. The SMILES string of the molecule is CCCC1(C(=O)O)CCN(CC(=O)Nc2ncccn2)C1. The van der Waals surface area contributed by atoms with Gasteiger partial charge < -0.3 is 5.11 Å². The van der Waals surface area contributed by atoms with Crippen molar-refractivity contribution >= 4 is 17.8 Å². The predicted molar refractivity (Wildman–Crippen MR) is 76.7 cm³/mol. The summed E-state index contributed by atoms with van der Waals surface area (Å²) < 4.78 is 0. The van der Waals surface area contributed by atoms with Crippen molar-refractivity contribution < 1.29 is 14.7 Å². The molecule has 0 saturated carbocycles. The first-order valence-corrected chi connectivity index (χ1v) is 7.08. The van der Waals surface area contributed by atoms with Crippen molar-refractivity contribution in [1.82, 2.24) is 14.9 Å². The summed E-state index contributed by atoms with van der Waals surface area (Å²) in [5.41, 5.74) is -0.710. The maximum Gasteiger partial charge on any atom is 0.310 e. The molecule has 1 amide bonds. The number of aliphatic carboxylic acids is 1. The van der Waals surface area contributed by atoms with Crippen molar-refractivity contribution in [3.05, 3.63) is 18.5 Å². The third-order valence-electron chi connectivity index (χ3n) is 3.80. The van der Waals surface area contributed by atoms with Crippen molar-refractivity contribution in [2.45, 2.75) is 26.2 Å². The number of carbonyl (C=O) groups is 2. The third kappa shape index (κ3) is 3.75. The molecule has 0 aromatic carbocycles. The molecule has 1 saturated heterocycles. The average molecular weight is 292 g/mol. The molecular weight excluding hydrogens is 272 g/mol. The second kappa shape index (κ2) is 6.62. The molecule has 0 bridgehead atoms. The Bertz CT molecular complexity index is 508. The van der Waals surface area contributed by atoms with E-state index in [9.17, 15) is 14.7 Å². The van der Waals surface area contributed by atoms with Crippen LogP contribution in [0.5, 0.6) is 0 Å². The highest BCUT2D eigenvalue weighted by atomic mass is 16.4. The maximum atomic E-state index is 11.9. The van der Waals surface area contributed by atoms with Gasteiger partial charge in [0.05, 0.1) is 12.0 Å². The molecule has 21 heavy (non-hydrogen) atoms. The molecule has 7 heteroatoms. The fourth-order valence-corrected chi connectivity index (χ4v) is 2.79.